The van der Waals surface area contributed by atoms with Gasteiger partial charge in [-0.1, -0.05) is 45.9 Å². The molecule has 8 nitrogen and oxygen atoms in total. The molecule has 8 heteroatoms. The Morgan fingerprint density at radius 2 is 1.87 bits per heavy atom. The average molecular weight is 408 g/mol. The number of carbonyl (C=O) groups excluding carboxylic acids is 2. The molecule has 0 saturated heterocycles. The van der Waals surface area contributed by atoms with Crippen molar-refractivity contribution in [3.63, 3.8) is 0 Å². The van der Waals surface area contributed by atoms with E-state index in [1.807, 2.05) is 19.1 Å². The molecule has 1 unspecified atom stereocenters. The molecular formula is C22H24N4O4. The molecule has 2 N–H and O–H groups in total. The Labute approximate surface area is 174 Å². The Morgan fingerprint density at radius 3 is 2.43 bits per heavy atom. The summed E-state index contributed by atoms with van der Waals surface area (Å²) in [6, 6.07) is 11.7. The third-order valence-electron chi connectivity index (χ3n) is 5.01. The molecule has 3 rings (SSSR count). The van der Waals surface area contributed by atoms with E-state index in [4.69, 9.17) is 0 Å². The van der Waals surface area contributed by atoms with Gasteiger partial charge in [-0.3, -0.25) is 19.7 Å². The summed E-state index contributed by atoms with van der Waals surface area (Å²) < 4.78 is 0. The van der Waals surface area contributed by atoms with Crippen molar-refractivity contribution in [3.05, 3.63) is 69.3 Å². The van der Waals surface area contributed by atoms with Crippen molar-refractivity contribution in [2.24, 2.45) is 11.0 Å². The Bertz CT molecular complexity index is 1040. The normalized spacial score (nSPS) is 16.5. The predicted octanol–water partition coefficient (Wildman–Crippen LogP) is 4.00. The zero-order chi connectivity index (χ0) is 22.1. The van der Waals surface area contributed by atoms with Crippen LogP contribution in [-0.4, -0.2) is 22.4 Å². The number of nitrogens with zero attached hydrogens (tertiary/aromatic N) is 2. The fourth-order valence-electron chi connectivity index (χ4n) is 3.27. The third kappa shape index (κ3) is 4.53. The molecule has 0 saturated carbocycles. The lowest BCUT2D eigenvalue weighted by atomic mass is 9.86. The summed E-state index contributed by atoms with van der Waals surface area (Å²) in [4.78, 5) is 35.1. The van der Waals surface area contributed by atoms with Crippen LogP contribution in [0.3, 0.4) is 0 Å². The van der Waals surface area contributed by atoms with Crippen molar-refractivity contribution in [2.45, 2.75) is 39.5 Å². The van der Waals surface area contributed by atoms with Crippen LogP contribution in [0.25, 0.3) is 0 Å². The second-order valence-electron chi connectivity index (χ2n) is 8.41. The van der Waals surface area contributed by atoms with E-state index in [-0.39, 0.29) is 35.0 Å². The molecule has 30 heavy (non-hydrogen) atoms. The zero-order valence-electron chi connectivity index (χ0n) is 17.4. The van der Waals surface area contributed by atoms with E-state index in [9.17, 15) is 19.7 Å². The summed E-state index contributed by atoms with van der Waals surface area (Å²) in [6.45, 7) is 8.07. The van der Waals surface area contributed by atoms with Gasteiger partial charge in [0, 0.05) is 29.5 Å². The number of rotatable bonds is 4. The maximum Gasteiger partial charge on any atom is 0.293 e. The van der Waals surface area contributed by atoms with Gasteiger partial charge < -0.3 is 5.32 Å². The monoisotopic (exact) mass is 408 g/mol. The maximum atomic E-state index is 12.6. The van der Waals surface area contributed by atoms with Gasteiger partial charge in [-0.25, -0.2) is 5.43 Å². The lowest BCUT2D eigenvalue weighted by molar-refractivity contribution is -0.383. The number of nitrogens with one attached hydrogen (secondary N) is 2. The highest BCUT2D eigenvalue weighted by molar-refractivity contribution is 6.08. The summed E-state index contributed by atoms with van der Waals surface area (Å²) in [5.41, 5.74) is 4.82. The molecule has 0 aliphatic carbocycles. The third-order valence-corrected chi connectivity index (χ3v) is 5.01. The number of hydrogen-bond acceptors (Lipinski definition) is 5. The summed E-state index contributed by atoms with van der Waals surface area (Å²) in [5, 5.41) is 18.3. The Balaban J connectivity index is 1.86. The molecule has 2 aromatic rings. The molecule has 2 amide bonds. The highest BCUT2D eigenvalue weighted by Gasteiger charge is 2.25. The van der Waals surface area contributed by atoms with Crippen molar-refractivity contribution >= 4 is 28.9 Å². The van der Waals surface area contributed by atoms with Gasteiger partial charge in [0.2, 0.25) is 5.91 Å². The highest BCUT2D eigenvalue weighted by Crippen LogP contribution is 2.29. The van der Waals surface area contributed by atoms with E-state index in [0.717, 1.165) is 5.56 Å². The number of nitro benzene ring substituents is 1. The van der Waals surface area contributed by atoms with Crippen LogP contribution in [0, 0.1) is 16.0 Å². The van der Waals surface area contributed by atoms with Gasteiger partial charge in [0.05, 0.1) is 10.6 Å². The van der Waals surface area contributed by atoms with Crippen LogP contribution in [0.4, 0.5) is 11.4 Å². The lowest BCUT2D eigenvalue weighted by Crippen LogP contribution is -2.32. The first-order valence-corrected chi connectivity index (χ1v) is 9.63. The largest absolute Gasteiger partial charge is 0.316 e. The number of anilines is 1. The number of benzene rings is 2. The number of carbonyl (C=O) groups is 2. The Morgan fingerprint density at radius 1 is 1.20 bits per heavy atom. The second kappa shape index (κ2) is 8.06. The summed E-state index contributed by atoms with van der Waals surface area (Å²) >= 11 is 0. The van der Waals surface area contributed by atoms with E-state index in [1.54, 1.807) is 18.2 Å². The molecule has 2 aromatic carbocycles. The average Bonchev–Trinajstić information content (AvgIpc) is 2.67. The Hall–Kier alpha value is -3.55. The predicted molar refractivity (Wildman–Crippen MR) is 115 cm³/mol. The molecule has 0 radical (unpaired) electrons. The van der Waals surface area contributed by atoms with Crippen LogP contribution in [0.2, 0.25) is 0 Å². The first kappa shape index (κ1) is 21.2. The number of amides is 2. The van der Waals surface area contributed by atoms with Crippen molar-refractivity contribution < 1.29 is 14.5 Å². The standard InChI is InChI=1S/C22H24N4O4/c1-13-11-19(27)24-25-20(13)15-7-10-17(18(12-15)26(29)30)23-21(28)14-5-8-16(9-6-14)22(2,3)4/h5-10,12-13H,11H2,1-4H3,(H,23,28)(H,24,27). The SMILES string of the molecule is CC1CC(=O)NN=C1c1ccc(NC(=O)c2ccc(C(C)(C)C)cc2)c([N+](=O)[O-])c1. The molecular weight excluding hydrogens is 384 g/mol. The van der Waals surface area contributed by atoms with Crippen molar-refractivity contribution in [1.29, 1.82) is 0 Å². The van der Waals surface area contributed by atoms with Gasteiger partial charge >= 0.3 is 0 Å². The second-order valence-corrected chi connectivity index (χ2v) is 8.41. The number of hydrazone groups is 1. The minimum absolute atomic E-state index is 0.0396. The minimum Gasteiger partial charge on any atom is -0.316 e. The van der Waals surface area contributed by atoms with Gasteiger partial charge in [0.25, 0.3) is 11.6 Å². The van der Waals surface area contributed by atoms with Gasteiger partial charge in [-0.05, 0) is 29.2 Å². The topological polar surface area (TPSA) is 114 Å². The fraction of sp³-hybridized carbons (Fsp3) is 0.318. The van der Waals surface area contributed by atoms with Crippen LogP contribution >= 0.6 is 0 Å². The fourth-order valence-corrected chi connectivity index (χ4v) is 3.27. The van der Waals surface area contributed by atoms with E-state index in [1.165, 1.54) is 12.1 Å². The van der Waals surface area contributed by atoms with Crippen LogP contribution in [0.15, 0.2) is 47.6 Å². The van der Waals surface area contributed by atoms with Crippen LogP contribution in [-0.2, 0) is 10.2 Å². The molecule has 0 aromatic heterocycles. The summed E-state index contributed by atoms with van der Waals surface area (Å²) in [5.74, 6) is -0.788. The van der Waals surface area contributed by atoms with Crippen LogP contribution < -0.4 is 10.7 Å². The number of nitro groups is 1. The van der Waals surface area contributed by atoms with Gasteiger partial charge in [-0.15, -0.1) is 0 Å². The summed E-state index contributed by atoms with van der Waals surface area (Å²) in [7, 11) is 0. The molecule has 1 aliphatic heterocycles. The molecule has 0 fully saturated rings. The van der Waals surface area contributed by atoms with Crippen molar-refractivity contribution in [3.8, 4) is 0 Å². The molecule has 0 bridgehead atoms. The van der Waals surface area contributed by atoms with Gasteiger partial charge in [0.1, 0.15) is 5.69 Å². The van der Waals surface area contributed by atoms with Gasteiger partial charge in [-0.2, -0.15) is 5.10 Å². The first-order chi connectivity index (χ1) is 14.1. The zero-order valence-corrected chi connectivity index (χ0v) is 17.4. The van der Waals surface area contributed by atoms with Crippen LogP contribution in [0.5, 0.6) is 0 Å². The molecule has 1 atom stereocenters. The molecule has 1 heterocycles. The minimum atomic E-state index is -0.547. The maximum absolute atomic E-state index is 12.6. The van der Waals surface area contributed by atoms with Crippen LogP contribution in [0.1, 0.15) is 55.6 Å². The molecule has 1 aliphatic rings. The smallest absolute Gasteiger partial charge is 0.293 e. The van der Waals surface area contributed by atoms with E-state index < -0.39 is 10.8 Å². The quantitative estimate of drug-likeness (QED) is 0.588. The van der Waals surface area contributed by atoms with Crippen molar-refractivity contribution in [2.75, 3.05) is 5.32 Å². The number of hydrogen-bond donors (Lipinski definition) is 2. The molecule has 0 spiro atoms. The van der Waals surface area contributed by atoms with E-state index >= 15 is 0 Å². The van der Waals surface area contributed by atoms with Crippen molar-refractivity contribution in [1.82, 2.24) is 5.43 Å². The summed E-state index contributed by atoms with van der Waals surface area (Å²) in [6.07, 6.45) is 0.260. The van der Waals surface area contributed by atoms with E-state index in [0.29, 0.717) is 16.8 Å². The van der Waals surface area contributed by atoms with E-state index in [2.05, 4.69) is 36.6 Å². The Kier molecular flexibility index (Phi) is 5.69. The lowest BCUT2D eigenvalue weighted by Gasteiger charge is -2.19. The first-order valence-electron chi connectivity index (χ1n) is 9.63. The van der Waals surface area contributed by atoms with Gasteiger partial charge in [0.15, 0.2) is 0 Å². The molecule has 156 valence electrons. The highest BCUT2D eigenvalue weighted by atomic mass is 16.6.